The summed E-state index contributed by atoms with van der Waals surface area (Å²) in [4.78, 5) is 24.4. The van der Waals surface area contributed by atoms with E-state index in [1.165, 1.54) is 40.6 Å². The smallest absolute Gasteiger partial charge is 0.411 e. The van der Waals surface area contributed by atoms with E-state index in [2.05, 4.69) is 10.1 Å². The second-order valence-electron chi connectivity index (χ2n) is 5.23. The standard InChI is InChI=1S/C15H21N3O6S/c1-3-24-15(20)17-8-10-18(11-9-17)25(21,22)13-6-4-12(5-7-13)16-14(19)23-2/h4-7H,3,8-11H2,1-2H3,(H,16,19). The SMILES string of the molecule is CCOC(=O)N1CCN(S(=O)(=O)c2ccc(NC(=O)OC)cc2)CC1. The number of carbonyl (C=O) groups excluding carboxylic acids is 2. The van der Waals surface area contributed by atoms with E-state index in [0.29, 0.717) is 5.69 Å². The highest BCUT2D eigenvalue weighted by atomic mass is 32.2. The van der Waals surface area contributed by atoms with E-state index in [9.17, 15) is 18.0 Å². The van der Waals surface area contributed by atoms with Crippen LogP contribution in [0.4, 0.5) is 15.3 Å². The summed E-state index contributed by atoms with van der Waals surface area (Å²) in [5, 5.41) is 2.45. The molecule has 1 aliphatic heterocycles. The van der Waals surface area contributed by atoms with Crippen molar-refractivity contribution in [2.24, 2.45) is 0 Å². The highest BCUT2D eigenvalue weighted by molar-refractivity contribution is 7.89. The molecular formula is C15H21N3O6S. The minimum Gasteiger partial charge on any atom is -0.453 e. The zero-order valence-electron chi connectivity index (χ0n) is 14.1. The Kier molecular flexibility index (Phi) is 6.21. The van der Waals surface area contributed by atoms with Gasteiger partial charge in [0.1, 0.15) is 0 Å². The molecule has 2 rings (SSSR count). The molecule has 0 atom stereocenters. The molecule has 1 N–H and O–H groups in total. The van der Waals surface area contributed by atoms with Gasteiger partial charge in [0.25, 0.3) is 0 Å². The minimum absolute atomic E-state index is 0.118. The van der Waals surface area contributed by atoms with E-state index >= 15 is 0 Å². The number of anilines is 1. The Morgan fingerprint density at radius 3 is 2.24 bits per heavy atom. The van der Waals surface area contributed by atoms with Crippen molar-refractivity contribution >= 4 is 27.9 Å². The topological polar surface area (TPSA) is 105 Å². The minimum atomic E-state index is -3.66. The molecular weight excluding hydrogens is 350 g/mol. The molecule has 25 heavy (non-hydrogen) atoms. The molecule has 1 heterocycles. The zero-order chi connectivity index (χ0) is 18.4. The normalized spacial score (nSPS) is 15.5. The largest absolute Gasteiger partial charge is 0.453 e. The Balaban J connectivity index is 2.02. The van der Waals surface area contributed by atoms with Crippen LogP contribution in [-0.2, 0) is 19.5 Å². The third kappa shape index (κ3) is 4.60. The average Bonchev–Trinajstić information content (AvgIpc) is 2.62. The molecule has 1 aromatic carbocycles. The number of nitrogens with zero attached hydrogens (tertiary/aromatic N) is 2. The number of benzene rings is 1. The third-order valence-corrected chi connectivity index (χ3v) is 5.60. The number of hydrogen-bond donors (Lipinski definition) is 1. The van der Waals surface area contributed by atoms with Gasteiger partial charge in [-0.3, -0.25) is 5.32 Å². The second-order valence-corrected chi connectivity index (χ2v) is 7.17. The first-order chi connectivity index (χ1) is 11.9. The van der Waals surface area contributed by atoms with Gasteiger partial charge in [-0.25, -0.2) is 18.0 Å². The summed E-state index contributed by atoms with van der Waals surface area (Å²) >= 11 is 0. The molecule has 0 radical (unpaired) electrons. The molecule has 1 fully saturated rings. The average molecular weight is 371 g/mol. The molecule has 2 amide bonds. The summed E-state index contributed by atoms with van der Waals surface area (Å²) in [6.45, 7) is 2.95. The molecule has 0 aromatic heterocycles. The molecule has 1 aliphatic rings. The summed E-state index contributed by atoms with van der Waals surface area (Å²) in [6, 6.07) is 5.80. The van der Waals surface area contributed by atoms with Crippen LogP contribution >= 0.6 is 0 Å². The molecule has 0 unspecified atom stereocenters. The maximum absolute atomic E-state index is 12.7. The molecule has 0 aliphatic carbocycles. The van der Waals surface area contributed by atoms with Gasteiger partial charge in [-0.1, -0.05) is 0 Å². The van der Waals surface area contributed by atoms with Gasteiger partial charge in [0.15, 0.2) is 0 Å². The van der Waals surface area contributed by atoms with E-state index in [-0.39, 0.29) is 37.7 Å². The number of rotatable bonds is 4. The molecule has 9 nitrogen and oxygen atoms in total. The van der Waals surface area contributed by atoms with Gasteiger partial charge in [0, 0.05) is 31.9 Å². The molecule has 1 aromatic rings. The van der Waals surface area contributed by atoms with Crippen molar-refractivity contribution in [3.63, 3.8) is 0 Å². The number of nitrogens with one attached hydrogen (secondary N) is 1. The lowest BCUT2D eigenvalue weighted by atomic mass is 10.3. The number of piperazine rings is 1. The lowest BCUT2D eigenvalue weighted by molar-refractivity contribution is 0.0934. The molecule has 0 spiro atoms. The summed E-state index contributed by atoms with van der Waals surface area (Å²) in [5.41, 5.74) is 0.429. The Labute approximate surface area is 146 Å². The van der Waals surface area contributed by atoms with Crippen LogP contribution in [0.1, 0.15) is 6.92 Å². The predicted molar refractivity (Wildman–Crippen MR) is 89.8 cm³/mol. The monoisotopic (exact) mass is 371 g/mol. The maximum Gasteiger partial charge on any atom is 0.411 e. The van der Waals surface area contributed by atoms with E-state index in [1.807, 2.05) is 0 Å². The fourth-order valence-electron chi connectivity index (χ4n) is 2.35. The van der Waals surface area contributed by atoms with Gasteiger partial charge in [-0.05, 0) is 31.2 Å². The number of sulfonamides is 1. The summed E-state index contributed by atoms with van der Waals surface area (Å²) < 4.78 is 36.0. The number of carbonyl (C=O) groups is 2. The first-order valence-electron chi connectivity index (χ1n) is 7.75. The van der Waals surface area contributed by atoms with Crippen LogP contribution in [0.3, 0.4) is 0 Å². The highest BCUT2D eigenvalue weighted by Gasteiger charge is 2.30. The van der Waals surface area contributed by atoms with Crippen molar-refractivity contribution in [1.82, 2.24) is 9.21 Å². The van der Waals surface area contributed by atoms with E-state index in [1.54, 1.807) is 6.92 Å². The van der Waals surface area contributed by atoms with Crippen molar-refractivity contribution in [3.8, 4) is 0 Å². The van der Waals surface area contributed by atoms with Crippen LogP contribution in [0.5, 0.6) is 0 Å². The van der Waals surface area contributed by atoms with E-state index in [4.69, 9.17) is 4.74 Å². The van der Waals surface area contributed by atoms with Crippen LogP contribution < -0.4 is 5.32 Å². The van der Waals surface area contributed by atoms with Crippen LogP contribution in [0.25, 0.3) is 0 Å². The number of hydrogen-bond acceptors (Lipinski definition) is 6. The first-order valence-corrected chi connectivity index (χ1v) is 9.19. The van der Waals surface area contributed by atoms with Crippen LogP contribution in [0, 0.1) is 0 Å². The molecule has 0 saturated carbocycles. The fraction of sp³-hybridized carbons (Fsp3) is 0.467. The Bertz CT molecular complexity index is 711. The Morgan fingerprint density at radius 1 is 1.12 bits per heavy atom. The van der Waals surface area contributed by atoms with Crippen molar-refractivity contribution in [3.05, 3.63) is 24.3 Å². The lowest BCUT2D eigenvalue weighted by Gasteiger charge is -2.33. The van der Waals surface area contributed by atoms with Crippen molar-refractivity contribution in [2.45, 2.75) is 11.8 Å². The molecule has 138 valence electrons. The van der Waals surface area contributed by atoms with Gasteiger partial charge in [0.2, 0.25) is 10.0 Å². The van der Waals surface area contributed by atoms with Crippen LogP contribution in [0.2, 0.25) is 0 Å². The lowest BCUT2D eigenvalue weighted by Crippen LogP contribution is -2.50. The van der Waals surface area contributed by atoms with Crippen LogP contribution in [-0.4, -0.2) is 69.7 Å². The van der Waals surface area contributed by atoms with Crippen molar-refractivity contribution in [2.75, 3.05) is 45.2 Å². The highest BCUT2D eigenvalue weighted by Crippen LogP contribution is 2.20. The third-order valence-electron chi connectivity index (χ3n) is 3.69. The van der Waals surface area contributed by atoms with Gasteiger partial charge < -0.3 is 14.4 Å². The van der Waals surface area contributed by atoms with E-state index in [0.717, 1.165) is 0 Å². The Hall–Kier alpha value is -2.33. The fourth-order valence-corrected chi connectivity index (χ4v) is 3.78. The quantitative estimate of drug-likeness (QED) is 0.856. The number of methoxy groups -OCH3 is 1. The number of ether oxygens (including phenoxy) is 2. The van der Waals surface area contributed by atoms with Gasteiger partial charge >= 0.3 is 12.2 Å². The summed E-state index contributed by atoms with van der Waals surface area (Å²) in [6.07, 6.45) is -1.07. The van der Waals surface area contributed by atoms with Crippen LogP contribution in [0.15, 0.2) is 29.2 Å². The van der Waals surface area contributed by atoms with Crippen molar-refractivity contribution < 1.29 is 27.5 Å². The summed E-state index contributed by atoms with van der Waals surface area (Å²) in [5.74, 6) is 0. The zero-order valence-corrected chi connectivity index (χ0v) is 14.9. The summed E-state index contributed by atoms with van der Waals surface area (Å²) in [7, 11) is -2.42. The maximum atomic E-state index is 12.7. The molecule has 0 bridgehead atoms. The molecule has 1 saturated heterocycles. The molecule has 10 heteroatoms. The van der Waals surface area contributed by atoms with E-state index < -0.39 is 22.2 Å². The van der Waals surface area contributed by atoms with Gasteiger partial charge in [-0.15, -0.1) is 0 Å². The second kappa shape index (κ2) is 8.17. The Morgan fingerprint density at radius 2 is 1.72 bits per heavy atom. The number of amides is 2. The predicted octanol–water partition coefficient (Wildman–Crippen LogP) is 1.33. The van der Waals surface area contributed by atoms with Gasteiger partial charge in [-0.2, -0.15) is 4.31 Å². The first kappa shape index (κ1) is 19.0. The van der Waals surface area contributed by atoms with Crippen molar-refractivity contribution in [1.29, 1.82) is 0 Å². The van der Waals surface area contributed by atoms with Gasteiger partial charge in [0.05, 0.1) is 18.6 Å².